The topological polar surface area (TPSA) is 107 Å². The zero-order chi connectivity index (χ0) is 18.6. The summed E-state index contributed by atoms with van der Waals surface area (Å²) in [6.45, 7) is 7.62. The standard InChI is InChI=1S/C17H20N4O3S/c1-4-9-21-15(23)11-7-5-6-8-12(11)19-17(21)25-13(10(2)3)14(22)20-16(18)24/h4-8,10,13H,1,9H2,2-3H3,(H3,18,20,22,24)/t13-/m0/s1. The molecule has 25 heavy (non-hydrogen) atoms. The van der Waals surface area contributed by atoms with E-state index < -0.39 is 17.2 Å². The predicted molar refractivity (Wildman–Crippen MR) is 98.4 cm³/mol. The number of imide groups is 1. The highest BCUT2D eigenvalue weighted by Gasteiger charge is 2.27. The van der Waals surface area contributed by atoms with Gasteiger partial charge in [0.05, 0.1) is 16.2 Å². The second-order valence-electron chi connectivity index (χ2n) is 5.75. The lowest BCUT2D eigenvalue weighted by Gasteiger charge is -2.20. The van der Waals surface area contributed by atoms with Gasteiger partial charge in [-0.25, -0.2) is 9.78 Å². The van der Waals surface area contributed by atoms with Gasteiger partial charge in [-0.1, -0.05) is 43.8 Å². The van der Waals surface area contributed by atoms with Gasteiger partial charge < -0.3 is 5.73 Å². The number of rotatable bonds is 6. The number of nitrogens with zero attached hydrogens (tertiary/aromatic N) is 2. The number of primary amides is 1. The maximum absolute atomic E-state index is 12.7. The van der Waals surface area contributed by atoms with Crippen LogP contribution >= 0.6 is 11.8 Å². The first-order valence-corrected chi connectivity index (χ1v) is 8.60. The fourth-order valence-electron chi connectivity index (χ4n) is 2.33. The summed E-state index contributed by atoms with van der Waals surface area (Å²) in [5.41, 5.74) is 5.38. The summed E-state index contributed by atoms with van der Waals surface area (Å²) in [7, 11) is 0. The molecule has 132 valence electrons. The van der Waals surface area contributed by atoms with E-state index >= 15 is 0 Å². The monoisotopic (exact) mass is 360 g/mol. The van der Waals surface area contributed by atoms with Crippen LogP contribution < -0.4 is 16.6 Å². The second-order valence-corrected chi connectivity index (χ2v) is 6.86. The van der Waals surface area contributed by atoms with E-state index in [2.05, 4.69) is 16.9 Å². The van der Waals surface area contributed by atoms with E-state index in [1.54, 1.807) is 30.3 Å². The van der Waals surface area contributed by atoms with Crippen molar-refractivity contribution in [3.8, 4) is 0 Å². The van der Waals surface area contributed by atoms with E-state index in [0.717, 1.165) is 11.8 Å². The predicted octanol–water partition coefficient (Wildman–Crippen LogP) is 1.89. The number of para-hydroxylation sites is 1. The Labute approximate surface area is 149 Å². The van der Waals surface area contributed by atoms with Gasteiger partial charge in [0.2, 0.25) is 5.91 Å². The number of thioether (sulfide) groups is 1. The zero-order valence-electron chi connectivity index (χ0n) is 14.1. The van der Waals surface area contributed by atoms with Gasteiger partial charge in [0, 0.05) is 6.54 Å². The number of hydrogen-bond acceptors (Lipinski definition) is 5. The Kier molecular flexibility index (Phi) is 5.97. The molecule has 1 heterocycles. The minimum atomic E-state index is -0.911. The van der Waals surface area contributed by atoms with E-state index in [4.69, 9.17) is 5.73 Å². The summed E-state index contributed by atoms with van der Waals surface area (Å²) >= 11 is 1.13. The fourth-order valence-corrected chi connectivity index (χ4v) is 3.43. The van der Waals surface area contributed by atoms with Crippen molar-refractivity contribution in [1.82, 2.24) is 14.9 Å². The van der Waals surface area contributed by atoms with E-state index in [0.29, 0.717) is 16.1 Å². The van der Waals surface area contributed by atoms with Gasteiger partial charge in [-0.15, -0.1) is 6.58 Å². The molecule has 0 spiro atoms. The summed E-state index contributed by atoms with van der Waals surface area (Å²) < 4.78 is 1.47. The second kappa shape index (κ2) is 7.98. The van der Waals surface area contributed by atoms with Crippen molar-refractivity contribution < 1.29 is 9.59 Å². The Morgan fingerprint density at radius 2 is 2.08 bits per heavy atom. The molecule has 1 aromatic carbocycles. The SMILES string of the molecule is C=CCn1c(S[C@H](C(=O)NC(N)=O)C(C)C)nc2ccccc2c1=O. The number of carbonyl (C=O) groups is 2. The van der Waals surface area contributed by atoms with Gasteiger partial charge in [0.25, 0.3) is 5.56 Å². The lowest BCUT2D eigenvalue weighted by Crippen LogP contribution is -2.42. The van der Waals surface area contributed by atoms with Crippen molar-refractivity contribution in [3.05, 3.63) is 47.3 Å². The molecule has 0 aliphatic heterocycles. The van der Waals surface area contributed by atoms with E-state index in [1.807, 2.05) is 13.8 Å². The molecular weight excluding hydrogens is 340 g/mol. The molecule has 2 aromatic rings. The number of amides is 3. The van der Waals surface area contributed by atoms with Crippen molar-refractivity contribution >= 4 is 34.6 Å². The molecule has 3 N–H and O–H groups in total. The average Bonchev–Trinajstić information content (AvgIpc) is 2.54. The first-order chi connectivity index (χ1) is 11.8. The van der Waals surface area contributed by atoms with Gasteiger partial charge in [0.1, 0.15) is 0 Å². The largest absolute Gasteiger partial charge is 0.351 e. The number of fused-ring (bicyclic) bond motifs is 1. The molecule has 0 aliphatic carbocycles. The zero-order valence-corrected chi connectivity index (χ0v) is 14.9. The molecule has 0 fully saturated rings. The maximum Gasteiger partial charge on any atom is 0.318 e. The number of aromatic nitrogens is 2. The summed E-state index contributed by atoms with van der Waals surface area (Å²) in [6.07, 6.45) is 1.59. The molecule has 2 rings (SSSR count). The molecular formula is C17H20N4O3S. The Morgan fingerprint density at radius 1 is 1.40 bits per heavy atom. The number of urea groups is 1. The van der Waals surface area contributed by atoms with Crippen LogP contribution in [-0.4, -0.2) is 26.7 Å². The van der Waals surface area contributed by atoms with Crippen molar-refractivity contribution in [2.24, 2.45) is 11.7 Å². The van der Waals surface area contributed by atoms with E-state index in [1.165, 1.54) is 4.57 Å². The van der Waals surface area contributed by atoms with Crippen LogP contribution in [0.3, 0.4) is 0 Å². The number of benzene rings is 1. The molecule has 0 saturated heterocycles. The van der Waals surface area contributed by atoms with E-state index in [9.17, 15) is 14.4 Å². The summed E-state index contributed by atoms with van der Waals surface area (Å²) in [4.78, 5) is 40.5. The van der Waals surface area contributed by atoms with Crippen LogP contribution in [0.5, 0.6) is 0 Å². The lowest BCUT2D eigenvalue weighted by atomic mass is 10.1. The van der Waals surface area contributed by atoms with E-state index in [-0.39, 0.29) is 18.0 Å². The number of carbonyl (C=O) groups excluding carboxylic acids is 2. The third-order valence-corrected chi connectivity index (χ3v) is 5.02. The van der Waals surface area contributed by atoms with Gasteiger partial charge >= 0.3 is 6.03 Å². The third kappa shape index (κ3) is 4.27. The maximum atomic E-state index is 12.7. The van der Waals surface area contributed by atoms with Crippen LogP contribution in [0.4, 0.5) is 4.79 Å². The minimum Gasteiger partial charge on any atom is -0.351 e. The smallest absolute Gasteiger partial charge is 0.318 e. The highest BCUT2D eigenvalue weighted by atomic mass is 32.2. The van der Waals surface area contributed by atoms with Crippen LogP contribution in [0.15, 0.2) is 46.9 Å². The van der Waals surface area contributed by atoms with Crippen LogP contribution in [0.2, 0.25) is 0 Å². The summed E-state index contributed by atoms with van der Waals surface area (Å²) in [5, 5.41) is 2.35. The van der Waals surface area contributed by atoms with Crippen LogP contribution in [0.25, 0.3) is 10.9 Å². The van der Waals surface area contributed by atoms with Crippen molar-refractivity contribution in [3.63, 3.8) is 0 Å². The number of allylic oxidation sites excluding steroid dienone is 1. The average molecular weight is 360 g/mol. The lowest BCUT2D eigenvalue weighted by molar-refractivity contribution is -0.120. The van der Waals surface area contributed by atoms with Gasteiger partial charge in [0.15, 0.2) is 5.16 Å². The third-order valence-electron chi connectivity index (χ3n) is 3.48. The molecule has 0 aliphatic rings. The summed E-state index contributed by atoms with van der Waals surface area (Å²) in [6, 6.07) is 6.10. The van der Waals surface area contributed by atoms with Gasteiger partial charge in [-0.05, 0) is 18.1 Å². The van der Waals surface area contributed by atoms with Crippen LogP contribution in [-0.2, 0) is 11.3 Å². The van der Waals surface area contributed by atoms with Crippen molar-refractivity contribution in [2.45, 2.75) is 30.8 Å². The molecule has 1 atom stereocenters. The van der Waals surface area contributed by atoms with Crippen LogP contribution in [0.1, 0.15) is 13.8 Å². The molecule has 3 amide bonds. The first-order valence-electron chi connectivity index (χ1n) is 7.72. The molecule has 8 heteroatoms. The molecule has 0 bridgehead atoms. The highest BCUT2D eigenvalue weighted by Crippen LogP contribution is 2.27. The van der Waals surface area contributed by atoms with Crippen LogP contribution in [0, 0.1) is 5.92 Å². The Hall–Kier alpha value is -2.61. The fraction of sp³-hybridized carbons (Fsp3) is 0.294. The molecule has 0 saturated carbocycles. The molecule has 7 nitrogen and oxygen atoms in total. The summed E-state index contributed by atoms with van der Waals surface area (Å²) in [5.74, 6) is -0.620. The normalized spacial score (nSPS) is 12.1. The first kappa shape index (κ1) is 18.7. The number of nitrogens with one attached hydrogen (secondary N) is 1. The molecule has 0 radical (unpaired) electrons. The minimum absolute atomic E-state index is 0.107. The van der Waals surface area contributed by atoms with Crippen molar-refractivity contribution in [2.75, 3.05) is 0 Å². The Morgan fingerprint density at radius 3 is 2.68 bits per heavy atom. The Bertz CT molecular complexity index is 876. The number of nitrogens with two attached hydrogens (primary N) is 1. The molecule has 1 aromatic heterocycles. The van der Waals surface area contributed by atoms with Gasteiger partial charge in [-0.2, -0.15) is 0 Å². The quantitative estimate of drug-likeness (QED) is 0.465. The highest BCUT2D eigenvalue weighted by molar-refractivity contribution is 8.00. The number of hydrogen-bond donors (Lipinski definition) is 2. The molecule has 0 unspecified atom stereocenters. The Balaban J connectivity index is 2.52. The van der Waals surface area contributed by atoms with Gasteiger partial charge in [-0.3, -0.25) is 19.5 Å². The van der Waals surface area contributed by atoms with Crippen molar-refractivity contribution in [1.29, 1.82) is 0 Å².